The van der Waals surface area contributed by atoms with Gasteiger partial charge in [0.2, 0.25) is 5.95 Å². The number of anilines is 3. The number of aliphatic hydroxyl groups is 1. The summed E-state index contributed by atoms with van der Waals surface area (Å²) in [6, 6.07) is 9.30. The molecule has 2 N–H and O–H groups in total. The summed E-state index contributed by atoms with van der Waals surface area (Å²) in [5.41, 5.74) is 1.36. The highest BCUT2D eigenvalue weighted by Crippen LogP contribution is 2.32. The molecule has 1 amide bonds. The predicted molar refractivity (Wildman–Crippen MR) is 165 cm³/mol. The number of alkyl halides is 1. The van der Waals surface area contributed by atoms with Crippen LogP contribution in [0.4, 0.5) is 21.8 Å². The maximum Gasteiger partial charge on any atom is 0.251 e. The van der Waals surface area contributed by atoms with E-state index in [1.807, 2.05) is 6.07 Å². The number of halogens is 1. The monoisotopic (exact) mass is 633 g/mol. The molecule has 1 aromatic carbocycles. The predicted octanol–water partition coefficient (Wildman–Crippen LogP) is 1.78. The van der Waals surface area contributed by atoms with Gasteiger partial charge >= 0.3 is 0 Å². The molecule has 1 unspecified atom stereocenters. The lowest BCUT2D eigenvalue weighted by atomic mass is 10.0. The number of carbonyl (C=O) groups is 1. The lowest BCUT2D eigenvalue weighted by molar-refractivity contribution is -0.143. The molecule has 6 rings (SSSR count). The van der Waals surface area contributed by atoms with Gasteiger partial charge in [0.05, 0.1) is 50.4 Å². The second-order valence-corrected chi connectivity index (χ2v) is 11.5. The van der Waals surface area contributed by atoms with Crippen LogP contribution in [0.1, 0.15) is 18.9 Å². The quantitative estimate of drug-likeness (QED) is 0.351. The number of benzene rings is 1. The van der Waals surface area contributed by atoms with Gasteiger partial charge in [-0.1, -0.05) is 0 Å². The molecule has 242 valence electrons. The van der Waals surface area contributed by atoms with Crippen molar-refractivity contribution in [3.63, 3.8) is 0 Å². The van der Waals surface area contributed by atoms with Crippen molar-refractivity contribution in [2.24, 2.45) is 0 Å². The Morgan fingerprint density at radius 2 is 1.96 bits per heavy atom. The number of piperazine rings is 1. The average Bonchev–Trinajstić information content (AvgIpc) is 3.05. The smallest absolute Gasteiger partial charge is 0.251 e. The van der Waals surface area contributed by atoms with E-state index in [0.29, 0.717) is 28.9 Å². The first-order valence-electron chi connectivity index (χ1n) is 15.2. The van der Waals surface area contributed by atoms with Crippen LogP contribution in [-0.4, -0.2) is 125 Å². The summed E-state index contributed by atoms with van der Waals surface area (Å²) >= 11 is 0. The third-order valence-corrected chi connectivity index (χ3v) is 8.42. The Labute approximate surface area is 265 Å². The molecule has 0 aliphatic carbocycles. The number of nitrogens with one attached hydrogen (secondary N) is 1. The minimum atomic E-state index is -1.47. The van der Waals surface area contributed by atoms with Crippen molar-refractivity contribution < 1.29 is 28.5 Å². The van der Waals surface area contributed by atoms with Gasteiger partial charge < -0.3 is 34.4 Å². The summed E-state index contributed by atoms with van der Waals surface area (Å²) in [5.74, 6) is 1.70. The van der Waals surface area contributed by atoms with Crippen LogP contribution in [0.25, 0.3) is 11.4 Å². The van der Waals surface area contributed by atoms with E-state index < -0.39 is 24.3 Å². The summed E-state index contributed by atoms with van der Waals surface area (Å²) in [6.45, 7) is 6.58. The average molecular weight is 634 g/mol. The molecule has 3 saturated heterocycles. The molecule has 3 aromatic rings. The molecule has 0 bridgehead atoms. The zero-order valence-corrected chi connectivity index (χ0v) is 25.7. The number of hydrogen-bond donors (Lipinski definition) is 2. The third kappa shape index (κ3) is 6.79. The van der Waals surface area contributed by atoms with E-state index in [0.717, 1.165) is 45.2 Å². The van der Waals surface area contributed by atoms with Gasteiger partial charge in [0.25, 0.3) is 5.91 Å². The number of nitrogens with zero attached hydrogens (tertiary/aromatic N) is 8. The van der Waals surface area contributed by atoms with Gasteiger partial charge in [-0.2, -0.15) is 10.2 Å². The maximum atomic E-state index is 14.9. The molecule has 3 aliphatic rings. The summed E-state index contributed by atoms with van der Waals surface area (Å²) in [6.07, 6.45) is -0.216. The third-order valence-electron chi connectivity index (χ3n) is 8.42. The zero-order chi connectivity index (χ0) is 32.2. The molecule has 14 nitrogen and oxygen atoms in total. The number of pyridine rings is 1. The van der Waals surface area contributed by atoms with Crippen molar-refractivity contribution in [2.75, 3.05) is 69.8 Å². The summed E-state index contributed by atoms with van der Waals surface area (Å²) in [5, 5.41) is 22.5. The van der Waals surface area contributed by atoms with Gasteiger partial charge in [0.1, 0.15) is 30.4 Å². The molecule has 0 radical (unpaired) electrons. The number of rotatable bonds is 9. The van der Waals surface area contributed by atoms with Crippen molar-refractivity contribution in [3.05, 3.63) is 42.4 Å². The molecular weight excluding hydrogens is 597 g/mol. The molecule has 15 heteroatoms. The molecule has 0 spiro atoms. The first kappa shape index (κ1) is 31.3. The van der Waals surface area contributed by atoms with Crippen molar-refractivity contribution >= 4 is 23.4 Å². The highest BCUT2D eigenvalue weighted by atomic mass is 19.1. The van der Waals surface area contributed by atoms with Crippen molar-refractivity contribution in [3.8, 4) is 29.0 Å². The van der Waals surface area contributed by atoms with E-state index in [2.05, 4.69) is 41.1 Å². The van der Waals surface area contributed by atoms with Crippen LogP contribution < -0.4 is 19.7 Å². The molecule has 46 heavy (non-hydrogen) atoms. The minimum Gasteiger partial charge on any atom is -0.493 e. The fourth-order valence-corrected chi connectivity index (χ4v) is 5.75. The summed E-state index contributed by atoms with van der Waals surface area (Å²) in [7, 11) is 1.61. The van der Waals surface area contributed by atoms with Gasteiger partial charge in [-0.05, 0) is 25.1 Å². The minimum absolute atomic E-state index is 0.188. The molecule has 3 atom stereocenters. The van der Waals surface area contributed by atoms with Crippen LogP contribution in [0.5, 0.6) is 11.5 Å². The Morgan fingerprint density at radius 3 is 2.63 bits per heavy atom. The van der Waals surface area contributed by atoms with Gasteiger partial charge in [-0.25, -0.2) is 19.3 Å². The second kappa shape index (κ2) is 13.8. The number of piperidine rings is 1. The Hall–Kier alpha value is -4.65. The summed E-state index contributed by atoms with van der Waals surface area (Å²) in [4.78, 5) is 35.7. The number of amides is 1. The number of nitriles is 1. The molecule has 3 fully saturated rings. The highest BCUT2D eigenvalue weighted by molar-refractivity contribution is 5.80. The van der Waals surface area contributed by atoms with Gasteiger partial charge in [-0.15, -0.1) is 0 Å². The fraction of sp³-hybridized carbons (Fsp3) is 0.484. The standard InChI is InChI=1S/C31H36FN9O5/c1-19(42)30(43)41-6-5-26(24(32)15-41)46-25-4-3-20(11-21(25)13-33)28-35-18-36-31(38-28)37-22-12-27(44-2)29(34-14-22)40-9-7-39(8-10-40)23-16-45-17-23/h3-4,11-12,14,18-19,23-24,26,42H,5-10,15-17H2,1-2H3,(H,35,36,37,38)/t19?,24-,26+/m1/s1. The van der Waals surface area contributed by atoms with Crippen LogP contribution in [0, 0.1) is 11.3 Å². The van der Waals surface area contributed by atoms with Crippen LogP contribution in [0.2, 0.25) is 0 Å². The molecule has 3 aliphatic heterocycles. The molecule has 0 saturated carbocycles. The SMILES string of the molecule is COc1cc(Nc2ncnc(-c3ccc(O[C@H]4CCN(C(=O)C(C)O)C[C@H]4F)c(C#N)c3)n2)cnc1N1CCN(C2COC2)CC1. The lowest BCUT2D eigenvalue weighted by Crippen LogP contribution is -2.56. The number of aliphatic hydroxyl groups excluding tert-OH is 1. The zero-order valence-electron chi connectivity index (χ0n) is 25.7. The lowest BCUT2D eigenvalue weighted by Gasteiger charge is -2.43. The van der Waals surface area contributed by atoms with Gasteiger partial charge in [0, 0.05) is 50.8 Å². The van der Waals surface area contributed by atoms with E-state index in [1.165, 1.54) is 18.2 Å². The number of hydrogen-bond acceptors (Lipinski definition) is 13. The Morgan fingerprint density at radius 1 is 1.15 bits per heavy atom. The molecular formula is C31H36FN9O5. The van der Waals surface area contributed by atoms with E-state index in [4.69, 9.17) is 14.2 Å². The second-order valence-electron chi connectivity index (χ2n) is 11.5. The van der Waals surface area contributed by atoms with E-state index >= 15 is 0 Å². The summed E-state index contributed by atoms with van der Waals surface area (Å²) < 4.78 is 31.8. The van der Waals surface area contributed by atoms with Crippen LogP contribution in [-0.2, 0) is 9.53 Å². The van der Waals surface area contributed by atoms with Gasteiger partial charge in [-0.3, -0.25) is 9.69 Å². The molecule has 2 aromatic heterocycles. The van der Waals surface area contributed by atoms with Gasteiger partial charge in [0.15, 0.2) is 23.6 Å². The maximum absolute atomic E-state index is 14.9. The Kier molecular flexibility index (Phi) is 9.38. The topological polar surface area (TPSA) is 162 Å². The van der Waals surface area contributed by atoms with Crippen LogP contribution in [0.15, 0.2) is 36.8 Å². The number of aromatic nitrogens is 4. The largest absolute Gasteiger partial charge is 0.493 e. The normalized spacial score (nSPS) is 21.2. The van der Waals surface area contributed by atoms with E-state index in [-0.39, 0.29) is 36.8 Å². The number of ether oxygens (including phenoxy) is 3. The Balaban J connectivity index is 1.11. The van der Waals surface area contributed by atoms with E-state index in [9.17, 15) is 19.6 Å². The number of likely N-dealkylation sites (tertiary alicyclic amines) is 1. The number of methoxy groups -OCH3 is 1. The molecule has 5 heterocycles. The highest BCUT2D eigenvalue weighted by Gasteiger charge is 2.35. The van der Waals surface area contributed by atoms with Crippen molar-refractivity contribution in [1.82, 2.24) is 29.7 Å². The van der Waals surface area contributed by atoms with Crippen molar-refractivity contribution in [2.45, 2.75) is 37.8 Å². The first-order chi connectivity index (χ1) is 22.3. The van der Waals surface area contributed by atoms with Crippen LogP contribution >= 0.6 is 0 Å². The van der Waals surface area contributed by atoms with E-state index in [1.54, 1.807) is 31.5 Å². The number of carbonyl (C=O) groups excluding carboxylic acids is 1. The first-order valence-corrected chi connectivity index (χ1v) is 15.2. The van der Waals surface area contributed by atoms with Crippen molar-refractivity contribution in [1.29, 1.82) is 5.26 Å². The van der Waals surface area contributed by atoms with Crippen LogP contribution in [0.3, 0.4) is 0 Å². The fourth-order valence-electron chi connectivity index (χ4n) is 5.75. The Bertz CT molecular complexity index is 1590.